The van der Waals surface area contributed by atoms with Crippen LogP contribution in [0.25, 0.3) is 5.57 Å². The van der Waals surface area contributed by atoms with E-state index in [0.29, 0.717) is 27.7 Å². The number of para-hydroxylation sites is 1. The number of carbonyl (C=O) groups excluding carboxylic acids is 2. The fraction of sp³-hybridized carbons (Fsp3) is 0.154. The van der Waals surface area contributed by atoms with E-state index >= 15 is 0 Å². The number of nitrogens with zero attached hydrogens (tertiary/aromatic N) is 1. The van der Waals surface area contributed by atoms with Crippen molar-refractivity contribution in [2.45, 2.75) is 20.8 Å². The minimum absolute atomic E-state index is 0.180. The molecule has 6 heteroatoms. The van der Waals surface area contributed by atoms with Crippen LogP contribution in [0.2, 0.25) is 5.02 Å². The molecule has 0 atom stereocenters. The molecule has 3 aromatic rings. The Morgan fingerprint density at radius 2 is 1.62 bits per heavy atom. The van der Waals surface area contributed by atoms with Gasteiger partial charge in [-0.1, -0.05) is 53.6 Å². The summed E-state index contributed by atoms with van der Waals surface area (Å²) in [5, 5.41) is 3.71. The molecule has 0 saturated heterocycles. The Morgan fingerprint density at radius 3 is 2.31 bits per heavy atom. The molecule has 32 heavy (non-hydrogen) atoms. The normalized spacial score (nSPS) is 13.7. The maximum atomic E-state index is 13.7. The predicted octanol–water partition coefficient (Wildman–Crippen LogP) is 5.67. The summed E-state index contributed by atoms with van der Waals surface area (Å²) in [6.45, 7) is 5.76. The van der Waals surface area contributed by atoms with Gasteiger partial charge >= 0.3 is 0 Å². The fourth-order valence-electron chi connectivity index (χ4n) is 3.84. The number of amides is 2. The van der Waals surface area contributed by atoms with Gasteiger partial charge in [0, 0.05) is 16.3 Å². The smallest absolute Gasteiger partial charge is 0.282 e. The van der Waals surface area contributed by atoms with Gasteiger partial charge in [0.1, 0.15) is 11.4 Å². The highest BCUT2D eigenvalue weighted by Crippen LogP contribution is 2.38. The first kappa shape index (κ1) is 21.7. The number of aryl methyl sites for hydroxylation is 3. The molecule has 0 bridgehead atoms. The monoisotopic (exact) mass is 446 g/mol. The van der Waals surface area contributed by atoms with Crippen LogP contribution in [-0.4, -0.2) is 18.9 Å². The minimum Gasteiger partial charge on any atom is -0.496 e. The number of nitrogens with one attached hydrogen (secondary N) is 1. The van der Waals surface area contributed by atoms with Crippen molar-refractivity contribution in [3.05, 3.63) is 93.6 Å². The molecular formula is C26H23ClN2O3. The number of anilines is 2. The highest BCUT2D eigenvalue weighted by Gasteiger charge is 2.41. The number of imide groups is 1. The second kappa shape index (κ2) is 8.52. The third kappa shape index (κ3) is 3.76. The Bertz CT molecular complexity index is 1280. The van der Waals surface area contributed by atoms with Gasteiger partial charge in [-0.3, -0.25) is 9.59 Å². The summed E-state index contributed by atoms with van der Waals surface area (Å²) in [5.41, 5.74) is 4.96. The van der Waals surface area contributed by atoms with Gasteiger partial charge in [0.2, 0.25) is 0 Å². The summed E-state index contributed by atoms with van der Waals surface area (Å²) in [6, 6.07) is 18.2. The maximum absolute atomic E-state index is 13.7. The SMILES string of the molecule is COc1ccccc1C1=C(Nc2ccc(C)c(Cl)c2)C(=O)N(c2ccc(C)cc2C)C1=O. The lowest BCUT2D eigenvalue weighted by molar-refractivity contribution is -0.120. The molecule has 0 spiro atoms. The third-order valence-corrected chi connectivity index (χ3v) is 5.90. The molecule has 1 aliphatic rings. The fourth-order valence-corrected chi connectivity index (χ4v) is 4.02. The number of ether oxygens (including phenoxy) is 1. The van der Waals surface area contributed by atoms with Crippen LogP contribution < -0.4 is 15.0 Å². The van der Waals surface area contributed by atoms with Crippen LogP contribution in [0, 0.1) is 20.8 Å². The zero-order valence-corrected chi connectivity index (χ0v) is 19.1. The summed E-state index contributed by atoms with van der Waals surface area (Å²) >= 11 is 6.29. The van der Waals surface area contributed by atoms with Gasteiger partial charge < -0.3 is 10.1 Å². The van der Waals surface area contributed by atoms with Gasteiger partial charge in [-0.2, -0.15) is 0 Å². The van der Waals surface area contributed by atoms with E-state index in [-0.39, 0.29) is 11.3 Å². The Labute approximate surface area is 192 Å². The molecule has 162 valence electrons. The van der Waals surface area contributed by atoms with Crippen molar-refractivity contribution < 1.29 is 14.3 Å². The number of carbonyl (C=O) groups is 2. The van der Waals surface area contributed by atoms with Gasteiger partial charge in [-0.25, -0.2) is 4.90 Å². The van der Waals surface area contributed by atoms with E-state index in [2.05, 4.69) is 5.32 Å². The van der Waals surface area contributed by atoms with E-state index in [4.69, 9.17) is 16.3 Å². The number of hydrogen-bond acceptors (Lipinski definition) is 4. The van der Waals surface area contributed by atoms with Gasteiger partial charge in [-0.15, -0.1) is 0 Å². The van der Waals surface area contributed by atoms with E-state index in [0.717, 1.165) is 16.7 Å². The van der Waals surface area contributed by atoms with Crippen molar-refractivity contribution in [3.63, 3.8) is 0 Å². The van der Waals surface area contributed by atoms with Crippen LogP contribution in [0.3, 0.4) is 0 Å². The molecule has 1 N–H and O–H groups in total. The average Bonchev–Trinajstić information content (AvgIpc) is 3.00. The van der Waals surface area contributed by atoms with Crippen molar-refractivity contribution in [1.82, 2.24) is 0 Å². The third-order valence-electron chi connectivity index (χ3n) is 5.49. The molecule has 2 amide bonds. The molecule has 0 fully saturated rings. The molecule has 5 nitrogen and oxygen atoms in total. The molecule has 0 saturated carbocycles. The summed E-state index contributed by atoms with van der Waals surface area (Å²) in [6.07, 6.45) is 0. The number of benzene rings is 3. The highest BCUT2D eigenvalue weighted by atomic mass is 35.5. The number of hydrogen-bond donors (Lipinski definition) is 1. The quantitative estimate of drug-likeness (QED) is 0.513. The largest absolute Gasteiger partial charge is 0.496 e. The summed E-state index contributed by atoms with van der Waals surface area (Å²) in [7, 11) is 1.54. The van der Waals surface area contributed by atoms with Crippen molar-refractivity contribution in [2.75, 3.05) is 17.3 Å². The van der Waals surface area contributed by atoms with Crippen LogP contribution >= 0.6 is 11.6 Å². The first-order valence-electron chi connectivity index (χ1n) is 10.2. The Balaban J connectivity index is 1.88. The number of rotatable bonds is 5. The molecule has 4 rings (SSSR count). The van der Waals surface area contributed by atoms with E-state index in [9.17, 15) is 9.59 Å². The van der Waals surface area contributed by atoms with E-state index in [1.807, 2.05) is 57.2 Å². The van der Waals surface area contributed by atoms with E-state index in [1.54, 1.807) is 24.3 Å². The summed E-state index contributed by atoms with van der Waals surface area (Å²) in [4.78, 5) is 28.5. The van der Waals surface area contributed by atoms with Crippen LogP contribution in [0.15, 0.2) is 66.4 Å². The van der Waals surface area contributed by atoms with Crippen molar-refractivity contribution >= 4 is 40.4 Å². The first-order valence-corrected chi connectivity index (χ1v) is 10.6. The molecular weight excluding hydrogens is 424 g/mol. The maximum Gasteiger partial charge on any atom is 0.282 e. The van der Waals surface area contributed by atoms with Gasteiger partial charge in [0.05, 0.1) is 18.4 Å². The van der Waals surface area contributed by atoms with Crippen LogP contribution in [-0.2, 0) is 9.59 Å². The van der Waals surface area contributed by atoms with Crippen molar-refractivity contribution in [2.24, 2.45) is 0 Å². The van der Waals surface area contributed by atoms with Gasteiger partial charge in [0.25, 0.3) is 11.8 Å². The van der Waals surface area contributed by atoms with Gasteiger partial charge in [-0.05, 0) is 56.2 Å². The lowest BCUT2D eigenvalue weighted by Gasteiger charge is -2.18. The Hall–Kier alpha value is -3.57. The summed E-state index contributed by atoms with van der Waals surface area (Å²) in [5.74, 6) is -0.334. The molecule has 1 heterocycles. The molecule has 0 aliphatic carbocycles. The average molecular weight is 447 g/mol. The van der Waals surface area contributed by atoms with E-state index in [1.165, 1.54) is 12.0 Å². The lowest BCUT2D eigenvalue weighted by atomic mass is 10.0. The minimum atomic E-state index is -0.431. The first-order chi connectivity index (χ1) is 15.3. The standard InChI is InChI=1S/C26H23ClN2O3/c1-15-9-12-21(17(3)13-15)29-25(30)23(19-7-5-6-8-22(19)32-4)24(26(29)31)28-18-11-10-16(2)20(27)14-18/h5-14,28H,1-4H3. The van der Waals surface area contributed by atoms with Crippen LogP contribution in [0.4, 0.5) is 11.4 Å². The van der Waals surface area contributed by atoms with Crippen molar-refractivity contribution in [3.8, 4) is 5.75 Å². The second-order valence-electron chi connectivity index (χ2n) is 7.77. The Morgan fingerprint density at radius 1 is 0.875 bits per heavy atom. The molecule has 3 aromatic carbocycles. The predicted molar refractivity (Wildman–Crippen MR) is 128 cm³/mol. The summed E-state index contributed by atoms with van der Waals surface area (Å²) < 4.78 is 5.49. The molecule has 0 aromatic heterocycles. The number of halogens is 1. The topological polar surface area (TPSA) is 58.6 Å². The lowest BCUT2D eigenvalue weighted by Crippen LogP contribution is -2.33. The molecule has 1 aliphatic heterocycles. The Kier molecular flexibility index (Phi) is 5.76. The van der Waals surface area contributed by atoms with E-state index < -0.39 is 11.8 Å². The molecule has 0 radical (unpaired) electrons. The zero-order valence-electron chi connectivity index (χ0n) is 18.3. The van der Waals surface area contributed by atoms with Gasteiger partial charge in [0.15, 0.2) is 0 Å². The highest BCUT2D eigenvalue weighted by molar-refractivity contribution is 6.46. The van der Waals surface area contributed by atoms with Crippen LogP contribution in [0.1, 0.15) is 22.3 Å². The van der Waals surface area contributed by atoms with Crippen LogP contribution in [0.5, 0.6) is 5.75 Å². The number of methoxy groups -OCH3 is 1. The second-order valence-corrected chi connectivity index (χ2v) is 8.18. The van der Waals surface area contributed by atoms with Crippen molar-refractivity contribution in [1.29, 1.82) is 0 Å². The molecule has 0 unspecified atom stereocenters. The zero-order chi connectivity index (χ0) is 23.0.